The van der Waals surface area contributed by atoms with E-state index >= 15 is 0 Å². The van der Waals surface area contributed by atoms with E-state index < -0.39 is 11.4 Å². The van der Waals surface area contributed by atoms with Crippen molar-refractivity contribution >= 4 is 5.91 Å². The minimum Gasteiger partial charge on any atom is -0.367 e. The van der Waals surface area contributed by atoms with Crippen molar-refractivity contribution in [2.24, 2.45) is 5.73 Å². The zero-order valence-corrected chi connectivity index (χ0v) is 14.8. The van der Waals surface area contributed by atoms with Crippen LogP contribution in [0.3, 0.4) is 0 Å². The highest BCUT2D eigenvalue weighted by Gasteiger charge is 2.39. The van der Waals surface area contributed by atoms with E-state index in [1.54, 1.807) is 0 Å². The summed E-state index contributed by atoms with van der Waals surface area (Å²) in [6, 6.07) is 29.7. The number of aryl methyl sites for hydroxylation is 1. The Labute approximate surface area is 154 Å². The van der Waals surface area contributed by atoms with Crippen LogP contribution in [0.25, 0.3) is 0 Å². The summed E-state index contributed by atoms with van der Waals surface area (Å²) in [5, 5.41) is 3.46. The van der Waals surface area contributed by atoms with E-state index in [0.717, 1.165) is 24.0 Å². The summed E-state index contributed by atoms with van der Waals surface area (Å²) in [4.78, 5) is 12.6. The van der Waals surface area contributed by atoms with Gasteiger partial charge in [-0.2, -0.15) is 0 Å². The van der Waals surface area contributed by atoms with Crippen molar-refractivity contribution in [1.29, 1.82) is 0 Å². The average molecular weight is 344 g/mol. The Balaban J connectivity index is 1.84. The highest BCUT2D eigenvalue weighted by molar-refractivity contribution is 5.90. The van der Waals surface area contributed by atoms with Crippen LogP contribution in [-0.2, 0) is 16.8 Å². The van der Waals surface area contributed by atoms with E-state index in [-0.39, 0.29) is 0 Å². The standard InChI is InChI=1S/C23H24N2O/c24-22(26)23(20-14-6-2-7-15-20,21-16-8-3-9-17-21)25-18-10-13-19-11-4-1-5-12-19/h1-9,11-12,14-17,25H,10,13,18H2,(H2,24,26). The molecule has 0 aliphatic carbocycles. The first-order valence-corrected chi connectivity index (χ1v) is 8.93. The number of nitrogens with two attached hydrogens (primary N) is 1. The van der Waals surface area contributed by atoms with E-state index in [1.807, 2.05) is 78.9 Å². The molecule has 0 aliphatic rings. The van der Waals surface area contributed by atoms with E-state index in [9.17, 15) is 4.79 Å². The van der Waals surface area contributed by atoms with Gasteiger partial charge in [0.15, 0.2) is 0 Å². The summed E-state index contributed by atoms with van der Waals surface area (Å²) >= 11 is 0. The number of carbonyl (C=O) groups is 1. The molecule has 3 N–H and O–H groups in total. The lowest BCUT2D eigenvalue weighted by Gasteiger charge is -2.33. The molecule has 0 heterocycles. The van der Waals surface area contributed by atoms with Gasteiger partial charge in [0.1, 0.15) is 5.54 Å². The smallest absolute Gasteiger partial charge is 0.247 e. The zero-order valence-electron chi connectivity index (χ0n) is 14.8. The van der Waals surface area contributed by atoms with Crippen LogP contribution < -0.4 is 11.1 Å². The van der Waals surface area contributed by atoms with Gasteiger partial charge in [-0.25, -0.2) is 0 Å². The van der Waals surface area contributed by atoms with Crippen LogP contribution in [0.1, 0.15) is 23.1 Å². The van der Waals surface area contributed by atoms with Gasteiger partial charge in [-0.1, -0.05) is 91.0 Å². The molecule has 0 fully saturated rings. The van der Waals surface area contributed by atoms with Crippen LogP contribution in [0.4, 0.5) is 0 Å². The third-order valence-electron chi connectivity index (χ3n) is 4.66. The number of benzene rings is 3. The summed E-state index contributed by atoms with van der Waals surface area (Å²) in [6.45, 7) is 0.682. The Kier molecular flexibility index (Phi) is 5.82. The van der Waals surface area contributed by atoms with Gasteiger partial charge in [-0.15, -0.1) is 0 Å². The lowest BCUT2D eigenvalue weighted by atomic mass is 9.82. The molecule has 0 radical (unpaired) electrons. The van der Waals surface area contributed by atoms with Crippen molar-refractivity contribution in [3.63, 3.8) is 0 Å². The van der Waals surface area contributed by atoms with Gasteiger partial charge in [0.25, 0.3) is 0 Å². The fourth-order valence-corrected chi connectivity index (χ4v) is 3.33. The Hall–Kier alpha value is -2.91. The van der Waals surface area contributed by atoms with E-state index in [4.69, 9.17) is 5.73 Å². The molecule has 26 heavy (non-hydrogen) atoms. The number of amides is 1. The molecule has 3 aromatic rings. The summed E-state index contributed by atoms with van der Waals surface area (Å²) < 4.78 is 0. The van der Waals surface area contributed by atoms with Crippen molar-refractivity contribution < 1.29 is 4.79 Å². The van der Waals surface area contributed by atoms with Crippen LogP contribution in [0.15, 0.2) is 91.0 Å². The first-order valence-electron chi connectivity index (χ1n) is 8.93. The fraction of sp³-hybridized carbons (Fsp3) is 0.174. The van der Waals surface area contributed by atoms with Crippen LogP contribution in [-0.4, -0.2) is 12.5 Å². The monoisotopic (exact) mass is 344 g/mol. The third-order valence-corrected chi connectivity index (χ3v) is 4.66. The number of hydrogen-bond acceptors (Lipinski definition) is 2. The van der Waals surface area contributed by atoms with Crippen molar-refractivity contribution in [2.45, 2.75) is 18.4 Å². The maximum Gasteiger partial charge on any atom is 0.247 e. The van der Waals surface area contributed by atoms with Gasteiger partial charge >= 0.3 is 0 Å². The Morgan fingerprint density at radius 2 is 1.23 bits per heavy atom. The molecule has 3 heteroatoms. The van der Waals surface area contributed by atoms with Crippen LogP contribution in [0.5, 0.6) is 0 Å². The van der Waals surface area contributed by atoms with E-state index in [0.29, 0.717) is 6.54 Å². The highest BCUT2D eigenvalue weighted by Crippen LogP contribution is 2.29. The van der Waals surface area contributed by atoms with Gasteiger partial charge in [0.2, 0.25) is 5.91 Å². The molecule has 3 nitrogen and oxygen atoms in total. The topological polar surface area (TPSA) is 55.1 Å². The Morgan fingerprint density at radius 3 is 1.69 bits per heavy atom. The minimum atomic E-state index is -1.03. The molecule has 0 aromatic heterocycles. The van der Waals surface area contributed by atoms with Crippen LogP contribution in [0.2, 0.25) is 0 Å². The Morgan fingerprint density at radius 1 is 0.769 bits per heavy atom. The lowest BCUT2D eigenvalue weighted by Crippen LogP contribution is -2.53. The SMILES string of the molecule is NC(=O)C(NCCCc1ccccc1)(c1ccccc1)c1ccccc1. The number of hydrogen-bond donors (Lipinski definition) is 2. The number of nitrogens with one attached hydrogen (secondary N) is 1. The van der Waals surface area contributed by atoms with Gasteiger partial charge in [-0.3, -0.25) is 10.1 Å². The maximum absolute atomic E-state index is 12.6. The van der Waals surface area contributed by atoms with Crippen molar-refractivity contribution in [2.75, 3.05) is 6.54 Å². The first-order chi connectivity index (χ1) is 12.7. The second kappa shape index (κ2) is 8.45. The lowest BCUT2D eigenvalue weighted by molar-refractivity contribution is -0.123. The van der Waals surface area contributed by atoms with Gasteiger partial charge in [0.05, 0.1) is 0 Å². The molecule has 0 bridgehead atoms. The van der Waals surface area contributed by atoms with Gasteiger partial charge in [0, 0.05) is 0 Å². The normalized spacial score (nSPS) is 11.2. The fourth-order valence-electron chi connectivity index (χ4n) is 3.33. The number of carbonyl (C=O) groups excluding carboxylic acids is 1. The molecular formula is C23H24N2O. The molecule has 0 unspecified atom stereocenters. The molecule has 3 aromatic carbocycles. The van der Waals surface area contributed by atoms with E-state index in [2.05, 4.69) is 17.4 Å². The van der Waals surface area contributed by atoms with Gasteiger partial charge in [-0.05, 0) is 36.1 Å². The molecule has 0 atom stereocenters. The Bertz CT molecular complexity index is 777. The highest BCUT2D eigenvalue weighted by atomic mass is 16.1. The molecule has 0 spiro atoms. The summed E-state index contributed by atoms with van der Waals surface area (Å²) in [5.74, 6) is -0.394. The second-order valence-electron chi connectivity index (χ2n) is 6.36. The number of rotatable bonds is 8. The number of primary amides is 1. The minimum absolute atomic E-state index is 0.394. The van der Waals surface area contributed by atoms with Crippen molar-refractivity contribution in [3.8, 4) is 0 Å². The predicted molar refractivity (Wildman–Crippen MR) is 106 cm³/mol. The summed E-state index contributed by atoms with van der Waals surface area (Å²) in [5.41, 5.74) is 7.91. The maximum atomic E-state index is 12.6. The van der Waals surface area contributed by atoms with Gasteiger partial charge < -0.3 is 5.73 Å². The van der Waals surface area contributed by atoms with Crippen molar-refractivity contribution in [3.05, 3.63) is 108 Å². The molecule has 3 rings (SSSR count). The second-order valence-corrected chi connectivity index (χ2v) is 6.36. The van der Waals surface area contributed by atoms with E-state index in [1.165, 1.54) is 5.56 Å². The van der Waals surface area contributed by atoms with Crippen LogP contribution in [0, 0.1) is 0 Å². The summed E-state index contributed by atoms with van der Waals surface area (Å²) in [7, 11) is 0. The zero-order chi connectivity index (χ0) is 18.2. The largest absolute Gasteiger partial charge is 0.367 e. The molecule has 0 saturated heterocycles. The average Bonchev–Trinajstić information content (AvgIpc) is 2.70. The first kappa shape index (κ1) is 17.9. The molecular weight excluding hydrogens is 320 g/mol. The third kappa shape index (κ3) is 3.84. The van der Waals surface area contributed by atoms with Crippen LogP contribution >= 0.6 is 0 Å². The molecule has 0 aliphatic heterocycles. The molecule has 132 valence electrons. The molecule has 1 amide bonds. The van der Waals surface area contributed by atoms with Crippen molar-refractivity contribution in [1.82, 2.24) is 5.32 Å². The molecule has 0 saturated carbocycles. The summed E-state index contributed by atoms with van der Waals surface area (Å²) in [6.07, 6.45) is 1.87. The quantitative estimate of drug-likeness (QED) is 0.613. The predicted octanol–water partition coefficient (Wildman–Crippen LogP) is 3.64.